The van der Waals surface area contributed by atoms with Crippen LogP contribution in [0.5, 0.6) is 5.75 Å². The normalized spacial score (nSPS) is 19.8. The molecule has 2 atom stereocenters. The number of carbonyl (C=O) groups excluding carboxylic acids is 1. The van der Waals surface area contributed by atoms with Gasteiger partial charge in [-0.05, 0) is 44.7 Å². The summed E-state index contributed by atoms with van der Waals surface area (Å²) in [4.78, 5) is 12.5. The van der Waals surface area contributed by atoms with E-state index < -0.39 is 13.6 Å². The summed E-state index contributed by atoms with van der Waals surface area (Å²) in [6.07, 6.45) is 7.68. The maximum atomic E-state index is 13.2. The Morgan fingerprint density at radius 2 is 1.62 bits per heavy atom. The minimum absolute atomic E-state index is 0.0273. The Morgan fingerprint density at radius 3 is 2.19 bits per heavy atom. The van der Waals surface area contributed by atoms with E-state index in [1.165, 1.54) is 19.3 Å². The van der Waals surface area contributed by atoms with Crippen molar-refractivity contribution in [2.75, 3.05) is 0 Å². The van der Waals surface area contributed by atoms with Crippen LogP contribution in [0.15, 0.2) is 30.3 Å². The second-order valence-electron chi connectivity index (χ2n) is 7.35. The Balaban J connectivity index is 1.96. The average Bonchev–Trinajstić information content (AvgIpc) is 2.57. The number of nitrogens with one attached hydrogen (secondary N) is 1. The molecular formula is C20H32NO4P. The molecule has 0 amide bonds. The van der Waals surface area contributed by atoms with Gasteiger partial charge in [0.25, 0.3) is 0 Å². The second kappa shape index (κ2) is 10.1. The Morgan fingerprint density at radius 1 is 1.04 bits per heavy atom. The predicted octanol–water partition coefficient (Wildman–Crippen LogP) is 5.30. The van der Waals surface area contributed by atoms with Gasteiger partial charge in [-0.1, -0.05) is 51.3 Å². The summed E-state index contributed by atoms with van der Waals surface area (Å²) < 4.78 is 24.7. The summed E-state index contributed by atoms with van der Waals surface area (Å²) >= 11 is 0. The fourth-order valence-electron chi connectivity index (χ4n) is 3.04. The van der Waals surface area contributed by atoms with Gasteiger partial charge in [-0.3, -0.25) is 9.36 Å². The van der Waals surface area contributed by atoms with E-state index in [9.17, 15) is 9.36 Å². The van der Waals surface area contributed by atoms with Crippen LogP contribution in [-0.2, 0) is 14.1 Å². The maximum Gasteiger partial charge on any atom is 0.323 e. The number of hydrogen-bond donors (Lipinski definition) is 1. The summed E-state index contributed by atoms with van der Waals surface area (Å²) in [5.74, 6) is 0.172. The number of ether oxygens (including phenoxy) is 1. The van der Waals surface area contributed by atoms with Crippen LogP contribution < -0.4 is 9.61 Å². The van der Waals surface area contributed by atoms with E-state index in [0.717, 1.165) is 25.7 Å². The summed E-state index contributed by atoms with van der Waals surface area (Å²) in [5, 5.41) is 2.92. The molecule has 0 heterocycles. The third-order valence-corrected chi connectivity index (χ3v) is 7.32. The average molecular weight is 381 g/mol. The molecule has 1 aliphatic rings. The van der Waals surface area contributed by atoms with Crippen LogP contribution in [0.2, 0.25) is 0 Å². The minimum Gasteiger partial charge on any atom is -0.461 e. The molecule has 0 saturated heterocycles. The predicted molar refractivity (Wildman–Crippen MR) is 105 cm³/mol. The fourth-order valence-corrected chi connectivity index (χ4v) is 4.69. The zero-order valence-corrected chi connectivity index (χ0v) is 17.0. The van der Waals surface area contributed by atoms with Gasteiger partial charge >= 0.3 is 13.5 Å². The molecule has 0 aromatic heterocycles. The summed E-state index contributed by atoms with van der Waals surface area (Å²) in [6.45, 7) is 5.34. The molecule has 1 aromatic carbocycles. The van der Waals surface area contributed by atoms with Gasteiger partial charge in [0.1, 0.15) is 17.9 Å². The molecule has 26 heavy (non-hydrogen) atoms. The molecule has 1 aliphatic carbocycles. The number of carbonyl (C=O) groups is 1. The monoisotopic (exact) mass is 381 g/mol. The Hall–Kier alpha value is -1.32. The van der Waals surface area contributed by atoms with Crippen molar-refractivity contribution in [3.8, 4) is 5.75 Å². The van der Waals surface area contributed by atoms with Gasteiger partial charge in [0.15, 0.2) is 0 Å². The lowest BCUT2D eigenvalue weighted by atomic mass is 9.98. The van der Waals surface area contributed by atoms with E-state index in [1.54, 1.807) is 19.1 Å². The van der Waals surface area contributed by atoms with Gasteiger partial charge in [0.05, 0.1) is 5.66 Å². The van der Waals surface area contributed by atoms with Crippen LogP contribution in [-0.4, -0.2) is 23.8 Å². The lowest BCUT2D eigenvalue weighted by Gasteiger charge is -2.27. The van der Waals surface area contributed by atoms with E-state index in [4.69, 9.17) is 9.26 Å². The molecule has 0 aliphatic heterocycles. The summed E-state index contributed by atoms with van der Waals surface area (Å²) in [6, 6.07) is 8.36. The van der Waals surface area contributed by atoms with Crippen molar-refractivity contribution in [1.82, 2.24) is 5.09 Å². The molecule has 0 spiro atoms. The van der Waals surface area contributed by atoms with Crippen LogP contribution >= 0.6 is 7.52 Å². The van der Waals surface area contributed by atoms with Gasteiger partial charge in [0.2, 0.25) is 0 Å². The smallest absolute Gasteiger partial charge is 0.323 e. The minimum atomic E-state index is -3.24. The molecule has 1 saturated carbocycles. The van der Waals surface area contributed by atoms with Crippen molar-refractivity contribution in [3.63, 3.8) is 0 Å². The van der Waals surface area contributed by atoms with Gasteiger partial charge in [0, 0.05) is 0 Å². The lowest BCUT2D eigenvalue weighted by Crippen LogP contribution is -2.38. The Bertz CT molecular complexity index is 597. The molecule has 1 N–H and O–H groups in total. The van der Waals surface area contributed by atoms with Crippen molar-refractivity contribution >= 4 is 13.5 Å². The quantitative estimate of drug-likeness (QED) is 0.513. The molecular weight excluding hydrogens is 349 g/mol. The zero-order valence-electron chi connectivity index (χ0n) is 16.1. The highest BCUT2D eigenvalue weighted by Crippen LogP contribution is 2.48. The lowest BCUT2D eigenvalue weighted by molar-refractivity contribution is -0.151. The van der Waals surface area contributed by atoms with E-state index in [1.807, 2.05) is 32.0 Å². The molecule has 0 radical (unpaired) electrons. The fraction of sp³-hybridized carbons (Fsp3) is 0.650. The Labute approximate surface area is 157 Å². The molecule has 1 fully saturated rings. The standard InChI is InChI=1S/C20H32NO4P/c1-16(2)26(23,25-19-14-10-7-11-15-19)21-17(3)20(22)24-18-12-8-5-4-6-9-13-18/h7,10-11,14-18H,4-6,8-9,12-13H2,1-3H3,(H,21,23)/t17-,26?/m0/s1. The van der Waals surface area contributed by atoms with Crippen LogP contribution in [0.25, 0.3) is 0 Å². The first-order chi connectivity index (χ1) is 12.4. The van der Waals surface area contributed by atoms with Crippen LogP contribution in [0, 0.1) is 0 Å². The number of benzene rings is 1. The topological polar surface area (TPSA) is 64.6 Å². The first-order valence-corrected chi connectivity index (χ1v) is 11.4. The third-order valence-electron chi connectivity index (χ3n) is 4.73. The van der Waals surface area contributed by atoms with Crippen molar-refractivity contribution in [1.29, 1.82) is 0 Å². The van der Waals surface area contributed by atoms with Gasteiger partial charge in [-0.15, -0.1) is 0 Å². The van der Waals surface area contributed by atoms with E-state index in [-0.39, 0.29) is 17.7 Å². The van der Waals surface area contributed by atoms with Gasteiger partial charge in [-0.25, -0.2) is 5.09 Å². The third kappa shape index (κ3) is 6.44. The van der Waals surface area contributed by atoms with Crippen molar-refractivity contribution in [2.45, 2.75) is 83.5 Å². The van der Waals surface area contributed by atoms with Crippen molar-refractivity contribution in [2.24, 2.45) is 0 Å². The largest absolute Gasteiger partial charge is 0.461 e. The van der Waals surface area contributed by atoms with Crippen LogP contribution in [0.4, 0.5) is 0 Å². The number of rotatable bonds is 7. The van der Waals surface area contributed by atoms with Gasteiger partial charge in [-0.2, -0.15) is 0 Å². The molecule has 2 rings (SSSR count). The van der Waals surface area contributed by atoms with Crippen LogP contribution in [0.1, 0.15) is 65.7 Å². The highest BCUT2D eigenvalue weighted by molar-refractivity contribution is 7.58. The highest BCUT2D eigenvalue weighted by atomic mass is 31.2. The SMILES string of the molecule is CC(C)P(=O)(N[C@@H](C)C(=O)OC1CCCCCCC1)Oc1ccccc1. The number of esters is 1. The molecule has 6 heteroatoms. The van der Waals surface area contributed by atoms with Gasteiger partial charge < -0.3 is 9.26 Å². The van der Waals surface area contributed by atoms with E-state index in [2.05, 4.69) is 5.09 Å². The molecule has 1 unspecified atom stereocenters. The zero-order chi connectivity index (χ0) is 19.0. The highest BCUT2D eigenvalue weighted by Gasteiger charge is 2.34. The van der Waals surface area contributed by atoms with Crippen LogP contribution in [0.3, 0.4) is 0 Å². The van der Waals surface area contributed by atoms with E-state index in [0.29, 0.717) is 5.75 Å². The maximum absolute atomic E-state index is 13.2. The second-order valence-corrected chi connectivity index (χ2v) is 10.0. The number of hydrogen-bond acceptors (Lipinski definition) is 4. The Kier molecular flexibility index (Phi) is 8.17. The molecule has 1 aromatic rings. The number of para-hydroxylation sites is 1. The summed E-state index contributed by atoms with van der Waals surface area (Å²) in [5.41, 5.74) is -0.264. The van der Waals surface area contributed by atoms with Crippen molar-refractivity contribution in [3.05, 3.63) is 30.3 Å². The molecule has 0 bridgehead atoms. The first kappa shape index (κ1) is 21.0. The first-order valence-electron chi connectivity index (χ1n) is 9.73. The van der Waals surface area contributed by atoms with Crippen molar-refractivity contribution < 1.29 is 18.6 Å². The summed E-state index contributed by atoms with van der Waals surface area (Å²) in [7, 11) is -3.24. The molecule has 146 valence electrons. The van der Waals surface area contributed by atoms with E-state index >= 15 is 0 Å². The molecule has 5 nitrogen and oxygen atoms in total.